The molecule has 14 heavy (non-hydrogen) atoms. The van der Waals surface area contributed by atoms with E-state index < -0.39 is 0 Å². The van der Waals surface area contributed by atoms with Gasteiger partial charge in [0.15, 0.2) is 0 Å². The fraction of sp³-hybridized carbons (Fsp3) is 0.455. The predicted molar refractivity (Wildman–Crippen MR) is 60.0 cm³/mol. The van der Waals surface area contributed by atoms with Crippen molar-refractivity contribution < 1.29 is 4.84 Å². The molecule has 0 aromatic carbocycles. The summed E-state index contributed by atoms with van der Waals surface area (Å²) >= 11 is 6.07. The highest BCUT2D eigenvalue weighted by Gasteiger charge is 2.19. The van der Waals surface area contributed by atoms with E-state index >= 15 is 0 Å². The molecule has 2 nitrogen and oxygen atoms in total. The first-order chi connectivity index (χ1) is 6.66. The van der Waals surface area contributed by atoms with E-state index in [-0.39, 0.29) is 6.04 Å². The molecular weight excluding hydrogens is 198 g/mol. The zero-order valence-electron chi connectivity index (χ0n) is 8.64. The van der Waals surface area contributed by atoms with Gasteiger partial charge in [-0.2, -0.15) is 5.48 Å². The Morgan fingerprint density at radius 2 is 2.36 bits per heavy atom. The quantitative estimate of drug-likeness (QED) is 0.728. The first-order valence-corrected chi connectivity index (χ1v) is 5.10. The first-order valence-electron chi connectivity index (χ1n) is 4.72. The molecule has 0 unspecified atom stereocenters. The van der Waals surface area contributed by atoms with Gasteiger partial charge in [-0.3, -0.25) is 0 Å². The van der Waals surface area contributed by atoms with E-state index in [1.54, 1.807) is 0 Å². The Balaban J connectivity index is 2.72. The summed E-state index contributed by atoms with van der Waals surface area (Å²) in [5, 5.41) is 0.742. The normalized spacial score (nSPS) is 24.1. The van der Waals surface area contributed by atoms with Crippen molar-refractivity contribution in [3.63, 3.8) is 0 Å². The molecule has 1 heterocycles. The van der Waals surface area contributed by atoms with E-state index in [4.69, 9.17) is 16.4 Å². The minimum Gasteiger partial charge on any atom is -0.301 e. The molecule has 3 heteroatoms. The molecule has 0 bridgehead atoms. The molecule has 0 radical (unpaired) electrons. The maximum Gasteiger partial charge on any atom is 0.0701 e. The van der Waals surface area contributed by atoms with Crippen LogP contribution in [0.3, 0.4) is 0 Å². The van der Waals surface area contributed by atoms with Crippen LogP contribution in [0, 0.1) is 0 Å². The van der Waals surface area contributed by atoms with Crippen LogP contribution in [0.2, 0.25) is 0 Å². The van der Waals surface area contributed by atoms with Crippen molar-refractivity contribution in [3.05, 3.63) is 34.9 Å². The van der Waals surface area contributed by atoms with E-state index in [9.17, 15) is 0 Å². The van der Waals surface area contributed by atoms with Crippen LogP contribution in [0.15, 0.2) is 34.9 Å². The third kappa shape index (κ3) is 2.71. The van der Waals surface area contributed by atoms with E-state index in [1.807, 2.05) is 26.0 Å². The van der Waals surface area contributed by atoms with Crippen LogP contribution in [0.25, 0.3) is 0 Å². The lowest BCUT2D eigenvalue weighted by Crippen LogP contribution is -2.22. The van der Waals surface area contributed by atoms with Crippen molar-refractivity contribution in [1.82, 2.24) is 5.48 Å². The van der Waals surface area contributed by atoms with Crippen LogP contribution < -0.4 is 5.48 Å². The summed E-state index contributed by atoms with van der Waals surface area (Å²) < 4.78 is 0. The molecule has 0 amide bonds. The second-order valence-electron chi connectivity index (χ2n) is 3.31. The van der Waals surface area contributed by atoms with E-state index in [2.05, 4.69) is 12.1 Å². The lowest BCUT2D eigenvalue weighted by atomic mass is 10.00. The third-order valence-electron chi connectivity index (χ3n) is 2.31. The summed E-state index contributed by atoms with van der Waals surface area (Å²) in [4.78, 5) is 5.07. The van der Waals surface area contributed by atoms with Crippen LogP contribution in [0.5, 0.6) is 0 Å². The van der Waals surface area contributed by atoms with Crippen LogP contribution >= 0.6 is 11.6 Å². The van der Waals surface area contributed by atoms with Crippen LogP contribution in [0.1, 0.15) is 20.3 Å². The molecule has 1 aliphatic rings. The minimum atomic E-state index is 0.203. The van der Waals surface area contributed by atoms with Gasteiger partial charge >= 0.3 is 0 Å². The summed E-state index contributed by atoms with van der Waals surface area (Å²) in [6.07, 6.45) is 4.74. The summed E-state index contributed by atoms with van der Waals surface area (Å²) in [7, 11) is 0. The van der Waals surface area contributed by atoms with Gasteiger partial charge in [-0.15, -0.1) is 0 Å². The van der Waals surface area contributed by atoms with Gasteiger partial charge in [-0.05, 0) is 37.5 Å². The van der Waals surface area contributed by atoms with Gasteiger partial charge in [0.05, 0.1) is 12.6 Å². The zero-order chi connectivity index (χ0) is 10.6. The number of allylic oxidation sites excluding steroid dienone is 3. The molecule has 0 saturated carbocycles. The summed E-state index contributed by atoms with van der Waals surface area (Å²) in [6.45, 7) is 8.67. The number of hydrogen-bond acceptors (Lipinski definition) is 2. The van der Waals surface area contributed by atoms with Crippen molar-refractivity contribution in [2.45, 2.75) is 26.3 Å². The van der Waals surface area contributed by atoms with Gasteiger partial charge in [0.1, 0.15) is 0 Å². The lowest BCUT2D eigenvalue weighted by Gasteiger charge is -2.13. The van der Waals surface area contributed by atoms with Crippen molar-refractivity contribution in [1.29, 1.82) is 0 Å². The number of nitrogens with one attached hydrogen (secondary N) is 1. The monoisotopic (exact) mass is 213 g/mol. The smallest absolute Gasteiger partial charge is 0.0701 e. The van der Waals surface area contributed by atoms with Crippen molar-refractivity contribution in [3.8, 4) is 0 Å². The fourth-order valence-electron chi connectivity index (χ4n) is 1.33. The molecule has 0 aromatic heterocycles. The van der Waals surface area contributed by atoms with Crippen molar-refractivity contribution >= 4 is 11.6 Å². The van der Waals surface area contributed by atoms with Crippen molar-refractivity contribution in [2.75, 3.05) is 6.61 Å². The second-order valence-corrected chi connectivity index (χ2v) is 3.71. The Bertz CT molecular complexity index is 275. The third-order valence-corrected chi connectivity index (χ3v) is 2.72. The molecule has 0 aromatic rings. The van der Waals surface area contributed by atoms with Crippen LogP contribution in [-0.2, 0) is 4.84 Å². The summed E-state index contributed by atoms with van der Waals surface area (Å²) in [5.41, 5.74) is 4.94. The van der Waals surface area contributed by atoms with Gasteiger partial charge in [-0.1, -0.05) is 24.3 Å². The highest BCUT2D eigenvalue weighted by molar-refractivity contribution is 6.31. The molecule has 0 spiro atoms. The maximum atomic E-state index is 6.07. The standard InChI is InChI=1S/C11H16ClNO/c1-4-5-10(12)8(2)9(3)11-6-7-14-13-11/h4-5,11,13H,3,6-7H2,1-2H3/b5-4-,10-8+/t11-/m1/s1. The molecule has 1 aliphatic heterocycles. The molecule has 78 valence electrons. The minimum absolute atomic E-state index is 0.203. The number of hydroxylamine groups is 1. The Labute approximate surface area is 90.2 Å². The van der Waals surface area contributed by atoms with Crippen LogP contribution in [0.4, 0.5) is 0 Å². The second kappa shape index (κ2) is 5.35. The van der Waals surface area contributed by atoms with Gasteiger partial charge in [0, 0.05) is 5.03 Å². The molecule has 1 atom stereocenters. The Hall–Kier alpha value is -0.570. The molecule has 1 N–H and O–H groups in total. The SMILES string of the molecule is C=C(/C(C)=C(Cl)\C=C/C)[C@H]1CCON1. The predicted octanol–water partition coefficient (Wildman–Crippen LogP) is 2.93. The molecular formula is C11H16ClNO. The molecule has 0 aliphatic carbocycles. The number of hydrogen-bond donors (Lipinski definition) is 1. The van der Waals surface area contributed by atoms with E-state index in [0.29, 0.717) is 0 Å². The average Bonchev–Trinajstić information content (AvgIpc) is 2.68. The van der Waals surface area contributed by atoms with E-state index in [0.717, 1.165) is 29.2 Å². The van der Waals surface area contributed by atoms with Gasteiger partial charge in [0.25, 0.3) is 0 Å². The summed E-state index contributed by atoms with van der Waals surface area (Å²) in [6, 6.07) is 0.203. The zero-order valence-corrected chi connectivity index (χ0v) is 9.40. The number of halogens is 1. The maximum absolute atomic E-state index is 6.07. The highest BCUT2D eigenvalue weighted by atomic mass is 35.5. The largest absolute Gasteiger partial charge is 0.301 e. The van der Waals surface area contributed by atoms with Gasteiger partial charge < -0.3 is 4.84 Å². The van der Waals surface area contributed by atoms with Crippen molar-refractivity contribution in [2.24, 2.45) is 0 Å². The molecule has 1 saturated heterocycles. The lowest BCUT2D eigenvalue weighted by molar-refractivity contribution is 0.0933. The Morgan fingerprint density at radius 1 is 1.64 bits per heavy atom. The number of rotatable bonds is 3. The van der Waals surface area contributed by atoms with E-state index in [1.165, 1.54) is 0 Å². The topological polar surface area (TPSA) is 21.3 Å². The average molecular weight is 214 g/mol. The first kappa shape index (κ1) is 11.5. The van der Waals surface area contributed by atoms with Gasteiger partial charge in [0.2, 0.25) is 0 Å². The highest BCUT2D eigenvalue weighted by Crippen LogP contribution is 2.23. The van der Waals surface area contributed by atoms with Gasteiger partial charge in [-0.25, -0.2) is 0 Å². The van der Waals surface area contributed by atoms with Crippen LogP contribution in [-0.4, -0.2) is 12.6 Å². The Morgan fingerprint density at radius 3 is 2.86 bits per heavy atom. The molecule has 1 fully saturated rings. The molecule has 1 rings (SSSR count). The fourth-order valence-corrected chi connectivity index (χ4v) is 1.57. The summed E-state index contributed by atoms with van der Waals surface area (Å²) in [5.74, 6) is 0. The Kier molecular flexibility index (Phi) is 4.39.